The first-order chi connectivity index (χ1) is 9.00. The summed E-state index contributed by atoms with van der Waals surface area (Å²) in [6.45, 7) is 2.10. The van der Waals surface area contributed by atoms with E-state index in [-0.39, 0.29) is 16.6 Å². The van der Waals surface area contributed by atoms with E-state index in [4.69, 9.17) is 11.6 Å². The van der Waals surface area contributed by atoms with Gasteiger partial charge in [-0.2, -0.15) is 16.4 Å². The fourth-order valence-corrected chi connectivity index (χ4v) is 2.86. The van der Waals surface area contributed by atoms with Gasteiger partial charge in [-0.15, -0.1) is 0 Å². The SMILES string of the molecule is C[C@H](Cc1ccsc1)N(C)c1cnn(C)c(=O)c1Cl. The lowest BCUT2D eigenvalue weighted by Gasteiger charge is -2.27. The molecule has 2 heterocycles. The van der Waals surface area contributed by atoms with Crippen LogP contribution in [0.3, 0.4) is 0 Å². The number of nitrogens with zero attached hydrogens (tertiary/aromatic N) is 3. The van der Waals surface area contributed by atoms with Crippen LogP contribution in [0.4, 0.5) is 5.69 Å². The lowest BCUT2D eigenvalue weighted by molar-refractivity contribution is 0.664. The molecular formula is C13H16ClN3OS. The number of aryl methyl sites for hydroxylation is 1. The Bertz CT molecular complexity index is 609. The molecule has 0 saturated carbocycles. The average molecular weight is 298 g/mol. The summed E-state index contributed by atoms with van der Waals surface area (Å²) in [5.41, 5.74) is 1.69. The van der Waals surface area contributed by atoms with E-state index in [0.29, 0.717) is 5.69 Å². The van der Waals surface area contributed by atoms with Crippen LogP contribution >= 0.6 is 22.9 Å². The van der Waals surface area contributed by atoms with Crippen molar-refractivity contribution in [2.45, 2.75) is 19.4 Å². The van der Waals surface area contributed by atoms with Crippen molar-refractivity contribution in [3.63, 3.8) is 0 Å². The van der Waals surface area contributed by atoms with E-state index in [2.05, 4.69) is 28.8 Å². The molecule has 0 aliphatic rings. The summed E-state index contributed by atoms with van der Waals surface area (Å²) in [7, 11) is 3.52. The molecule has 0 saturated heterocycles. The van der Waals surface area contributed by atoms with E-state index in [1.54, 1.807) is 24.6 Å². The standard InChI is InChI=1S/C13H16ClN3OS/c1-9(6-10-4-5-19-8-10)16(2)11-7-15-17(3)13(18)12(11)14/h4-5,7-9H,6H2,1-3H3/t9-/m1/s1. The normalized spacial score (nSPS) is 12.4. The van der Waals surface area contributed by atoms with Gasteiger partial charge in [-0.1, -0.05) is 11.6 Å². The average Bonchev–Trinajstić information content (AvgIpc) is 2.88. The third-order valence-electron chi connectivity index (χ3n) is 3.21. The van der Waals surface area contributed by atoms with Crippen LogP contribution in [0.2, 0.25) is 5.02 Å². The van der Waals surface area contributed by atoms with Gasteiger partial charge >= 0.3 is 0 Å². The van der Waals surface area contributed by atoms with Crippen molar-refractivity contribution >= 4 is 28.6 Å². The molecule has 0 spiro atoms. The summed E-state index contributed by atoms with van der Waals surface area (Å²) in [5.74, 6) is 0. The largest absolute Gasteiger partial charge is 0.369 e. The highest BCUT2D eigenvalue weighted by molar-refractivity contribution is 7.07. The number of hydrogen-bond acceptors (Lipinski definition) is 4. The van der Waals surface area contributed by atoms with Gasteiger partial charge in [0.05, 0.1) is 11.9 Å². The van der Waals surface area contributed by atoms with Crippen LogP contribution in [-0.2, 0) is 13.5 Å². The lowest BCUT2D eigenvalue weighted by Crippen LogP contribution is -2.33. The lowest BCUT2D eigenvalue weighted by atomic mass is 10.1. The molecule has 2 rings (SSSR count). The Hall–Kier alpha value is -1.33. The van der Waals surface area contributed by atoms with Crippen molar-refractivity contribution in [2.24, 2.45) is 7.05 Å². The molecule has 2 aromatic heterocycles. The summed E-state index contributed by atoms with van der Waals surface area (Å²) < 4.78 is 1.24. The van der Waals surface area contributed by atoms with Crippen LogP contribution in [0.5, 0.6) is 0 Å². The fraction of sp³-hybridized carbons (Fsp3) is 0.385. The summed E-state index contributed by atoms with van der Waals surface area (Å²) >= 11 is 7.79. The molecule has 19 heavy (non-hydrogen) atoms. The molecule has 0 N–H and O–H groups in total. The van der Waals surface area contributed by atoms with Crippen molar-refractivity contribution in [1.82, 2.24) is 9.78 Å². The van der Waals surface area contributed by atoms with Gasteiger partial charge in [0.15, 0.2) is 0 Å². The maximum atomic E-state index is 11.8. The Morgan fingerprint density at radius 2 is 2.32 bits per heavy atom. The fourth-order valence-electron chi connectivity index (χ4n) is 1.87. The van der Waals surface area contributed by atoms with Gasteiger partial charge in [0.25, 0.3) is 5.56 Å². The first kappa shape index (κ1) is 14.1. The number of halogens is 1. The van der Waals surface area contributed by atoms with Gasteiger partial charge in [-0.25, -0.2) is 4.68 Å². The van der Waals surface area contributed by atoms with Crippen LogP contribution in [0.25, 0.3) is 0 Å². The van der Waals surface area contributed by atoms with E-state index >= 15 is 0 Å². The zero-order valence-electron chi connectivity index (χ0n) is 11.1. The van der Waals surface area contributed by atoms with Gasteiger partial charge in [-0.3, -0.25) is 4.79 Å². The van der Waals surface area contributed by atoms with Crippen LogP contribution in [0, 0.1) is 0 Å². The number of thiophene rings is 1. The number of hydrogen-bond donors (Lipinski definition) is 0. The van der Waals surface area contributed by atoms with E-state index in [1.807, 2.05) is 11.9 Å². The van der Waals surface area contributed by atoms with Gasteiger partial charge in [0.2, 0.25) is 0 Å². The Morgan fingerprint density at radius 3 is 2.95 bits per heavy atom. The minimum Gasteiger partial charge on any atom is -0.369 e. The van der Waals surface area contributed by atoms with Crippen LogP contribution in [0.1, 0.15) is 12.5 Å². The molecule has 0 aliphatic heterocycles. The van der Waals surface area contributed by atoms with E-state index < -0.39 is 0 Å². The molecule has 0 aromatic carbocycles. The molecular weight excluding hydrogens is 282 g/mol. The zero-order valence-corrected chi connectivity index (χ0v) is 12.7. The Kier molecular flexibility index (Phi) is 4.27. The monoisotopic (exact) mass is 297 g/mol. The van der Waals surface area contributed by atoms with Crippen LogP contribution in [0.15, 0.2) is 27.8 Å². The van der Waals surface area contributed by atoms with Crippen molar-refractivity contribution in [3.05, 3.63) is 44.0 Å². The smallest absolute Gasteiger partial charge is 0.287 e. The zero-order chi connectivity index (χ0) is 14.0. The van der Waals surface area contributed by atoms with Crippen molar-refractivity contribution in [2.75, 3.05) is 11.9 Å². The summed E-state index contributed by atoms with van der Waals surface area (Å²) in [5, 5.41) is 8.44. The van der Waals surface area contributed by atoms with Crippen molar-refractivity contribution in [1.29, 1.82) is 0 Å². The second-order valence-electron chi connectivity index (χ2n) is 4.57. The second kappa shape index (κ2) is 5.75. The number of rotatable bonds is 4. The molecule has 0 radical (unpaired) electrons. The van der Waals surface area contributed by atoms with E-state index in [1.165, 1.54) is 10.2 Å². The molecule has 102 valence electrons. The highest BCUT2D eigenvalue weighted by Gasteiger charge is 2.16. The first-order valence-corrected chi connectivity index (χ1v) is 7.28. The number of likely N-dealkylation sites (N-methyl/N-ethyl adjacent to an activating group) is 1. The molecule has 0 bridgehead atoms. The minimum atomic E-state index is -0.270. The van der Waals surface area contributed by atoms with Gasteiger partial charge < -0.3 is 4.90 Å². The Morgan fingerprint density at radius 1 is 1.58 bits per heavy atom. The highest BCUT2D eigenvalue weighted by Crippen LogP contribution is 2.23. The summed E-state index contributed by atoms with van der Waals surface area (Å²) in [6.07, 6.45) is 2.54. The minimum absolute atomic E-state index is 0.220. The third-order valence-corrected chi connectivity index (χ3v) is 4.30. The second-order valence-corrected chi connectivity index (χ2v) is 5.73. The van der Waals surface area contributed by atoms with Gasteiger partial charge in [0, 0.05) is 20.1 Å². The van der Waals surface area contributed by atoms with Crippen LogP contribution in [-0.4, -0.2) is 22.9 Å². The predicted molar refractivity (Wildman–Crippen MR) is 80.4 cm³/mol. The molecule has 0 fully saturated rings. The highest BCUT2D eigenvalue weighted by atomic mass is 35.5. The molecule has 4 nitrogen and oxygen atoms in total. The summed E-state index contributed by atoms with van der Waals surface area (Å²) in [4.78, 5) is 13.8. The Balaban J connectivity index is 2.22. The first-order valence-electron chi connectivity index (χ1n) is 5.96. The molecule has 0 aliphatic carbocycles. The summed E-state index contributed by atoms with van der Waals surface area (Å²) in [6, 6.07) is 2.35. The van der Waals surface area contributed by atoms with Crippen LogP contribution < -0.4 is 10.5 Å². The van der Waals surface area contributed by atoms with Gasteiger partial charge in [0.1, 0.15) is 5.02 Å². The molecule has 1 atom stereocenters. The maximum absolute atomic E-state index is 11.8. The molecule has 2 aromatic rings. The van der Waals surface area contributed by atoms with Crippen molar-refractivity contribution in [3.8, 4) is 0 Å². The Labute approximate surface area is 121 Å². The number of aromatic nitrogens is 2. The van der Waals surface area contributed by atoms with E-state index in [0.717, 1.165) is 6.42 Å². The maximum Gasteiger partial charge on any atom is 0.287 e. The molecule has 0 amide bonds. The number of anilines is 1. The molecule has 6 heteroatoms. The predicted octanol–water partition coefficient (Wildman–Crippen LogP) is 2.56. The van der Waals surface area contributed by atoms with E-state index in [9.17, 15) is 4.79 Å². The third kappa shape index (κ3) is 2.98. The van der Waals surface area contributed by atoms with Crippen molar-refractivity contribution < 1.29 is 0 Å². The molecule has 0 unspecified atom stereocenters. The van der Waals surface area contributed by atoms with Gasteiger partial charge in [-0.05, 0) is 35.7 Å². The quantitative estimate of drug-likeness (QED) is 0.870. The topological polar surface area (TPSA) is 38.1 Å².